The third-order valence-electron chi connectivity index (χ3n) is 4.74. The maximum absolute atomic E-state index is 2.60. The van der Waals surface area contributed by atoms with Gasteiger partial charge in [0.25, 0.3) is 0 Å². The van der Waals surface area contributed by atoms with E-state index in [0.29, 0.717) is 5.41 Å². The summed E-state index contributed by atoms with van der Waals surface area (Å²) in [5, 5.41) is 0. The molecule has 0 bridgehead atoms. The molecule has 0 spiro atoms. The van der Waals surface area contributed by atoms with Crippen molar-refractivity contribution in [3.8, 4) is 0 Å². The van der Waals surface area contributed by atoms with Gasteiger partial charge in [0.2, 0.25) is 0 Å². The van der Waals surface area contributed by atoms with Crippen LogP contribution in [0.2, 0.25) is 0 Å². The van der Waals surface area contributed by atoms with E-state index in [0.717, 1.165) is 6.54 Å². The van der Waals surface area contributed by atoms with Gasteiger partial charge in [-0.1, -0.05) is 67.6 Å². The van der Waals surface area contributed by atoms with E-state index in [1.54, 1.807) is 0 Å². The molecule has 1 saturated heterocycles. The van der Waals surface area contributed by atoms with Crippen molar-refractivity contribution in [3.05, 3.63) is 71.8 Å². The van der Waals surface area contributed by atoms with Crippen molar-refractivity contribution in [1.82, 2.24) is 4.90 Å². The summed E-state index contributed by atoms with van der Waals surface area (Å²) < 4.78 is 0. The van der Waals surface area contributed by atoms with Crippen molar-refractivity contribution in [1.29, 1.82) is 0 Å². The molecule has 1 unspecified atom stereocenters. The standard InChI is InChI=1S/C19H23N/c1-2-19(18-11-7-4-8-12-18)13-14-20(16-19)15-17-9-5-3-6-10-17/h3-12H,2,13-16H2,1H3. The lowest BCUT2D eigenvalue weighted by molar-refractivity contribution is 0.299. The molecule has 0 amide bonds. The molecule has 2 aromatic carbocycles. The summed E-state index contributed by atoms with van der Waals surface area (Å²) in [6, 6.07) is 21.9. The van der Waals surface area contributed by atoms with Crippen LogP contribution in [0.5, 0.6) is 0 Å². The van der Waals surface area contributed by atoms with Crippen LogP contribution in [0.4, 0.5) is 0 Å². The van der Waals surface area contributed by atoms with Crippen molar-refractivity contribution in [2.45, 2.75) is 31.7 Å². The number of benzene rings is 2. The highest BCUT2D eigenvalue weighted by Gasteiger charge is 2.37. The topological polar surface area (TPSA) is 3.24 Å². The minimum Gasteiger partial charge on any atom is -0.298 e. The zero-order valence-corrected chi connectivity index (χ0v) is 12.3. The molecule has 2 aromatic rings. The van der Waals surface area contributed by atoms with Crippen LogP contribution in [0.3, 0.4) is 0 Å². The van der Waals surface area contributed by atoms with Crippen LogP contribution in [0, 0.1) is 0 Å². The van der Waals surface area contributed by atoms with E-state index >= 15 is 0 Å². The van der Waals surface area contributed by atoms with E-state index in [2.05, 4.69) is 72.5 Å². The summed E-state index contributed by atoms with van der Waals surface area (Å²) in [4.78, 5) is 2.60. The lowest BCUT2D eigenvalue weighted by Crippen LogP contribution is -2.30. The Balaban J connectivity index is 1.74. The summed E-state index contributed by atoms with van der Waals surface area (Å²) in [6.45, 7) is 5.80. The number of hydrogen-bond donors (Lipinski definition) is 0. The Labute approximate surface area is 122 Å². The molecule has 1 aliphatic rings. The van der Waals surface area contributed by atoms with Crippen molar-refractivity contribution < 1.29 is 0 Å². The lowest BCUT2D eigenvalue weighted by Gasteiger charge is -2.29. The molecule has 1 nitrogen and oxygen atoms in total. The first-order valence-electron chi connectivity index (χ1n) is 7.64. The quantitative estimate of drug-likeness (QED) is 0.799. The molecule has 3 rings (SSSR count). The van der Waals surface area contributed by atoms with Crippen molar-refractivity contribution in [2.75, 3.05) is 13.1 Å². The number of rotatable bonds is 4. The normalized spacial score (nSPS) is 23.1. The predicted molar refractivity (Wildman–Crippen MR) is 84.7 cm³/mol. The van der Waals surface area contributed by atoms with Gasteiger partial charge in [0.05, 0.1) is 0 Å². The van der Waals surface area contributed by atoms with Crippen LogP contribution < -0.4 is 0 Å². The molecule has 1 fully saturated rings. The van der Waals surface area contributed by atoms with Crippen LogP contribution in [-0.4, -0.2) is 18.0 Å². The highest BCUT2D eigenvalue weighted by Crippen LogP contribution is 2.37. The Bertz CT molecular complexity index is 534. The highest BCUT2D eigenvalue weighted by molar-refractivity contribution is 5.27. The minimum atomic E-state index is 0.357. The molecule has 104 valence electrons. The van der Waals surface area contributed by atoms with E-state index in [4.69, 9.17) is 0 Å². The van der Waals surface area contributed by atoms with Crippen LogP contribution in [-0.2, 0) is 12.0 Å². The zero-order valence-electron chi connectivity index (χ0n) is 12.3. The maximum atomic E-state index is 2.60. The summed E-state index contributed by atoms with van der Waals surface area (Å²) in [7, 11) is 0. The lowest BCUT2D eigenvalue weighted by atomic mass is 9.77. The molecule has 0 saturated carbocycles. The van der Waals surface area contributed by atoms with Gasteiger partial charge in [-0.25, -0.2) is 0 Å². The van der Waals surface area contributed by atoms with Gasteiger partial charge in [0.15, 0.2) is 0 Å². The summed E-state index contributed by atoms with van der Waals surface area (Å²) in [5.74, 6) is 0. The minimum absolute atomic E-state index is 0.357. The van der Waals surface area contributed by atoms with Crippen LogP contribution >= 0.6 is 0 Å². The zero-order chi connectivity index (χ0) is 13.8. The van der Waals surface area contributed by atoms with Crippen molar-refractivity contribution in [3.63, 3.8) is 0 Å². The van der Waals surface area contributed by atoms with E-state index in [9.17, 15) is 0 Å². The first-order chi connectivity index (χ1) is 9.82. The van der Waals surface area contributed by atoms with Crippen LogP contribution in [0.1, 0.15) is 30.9 Å². The maximum Gasteiger partial charge on any atom is 0.0234 e. The summed E-state index contributed by atoms with van der Waals surface area (Å²) in [6.07, 6.45) is 2.50. The first-order valence-corrected chi connectivity index (χ1v) is 7.64. The van der Waals surface area contributed by atoms with Crippen molar-refractivity contribution in [2.24, 2.45) is 0 Å². The SMILES string of the molecule is CCC1(c2ccccc2)CCN(Cc2ccccc2)C1. The van der Waals surface area contributed by atoms with E-state index in [-0.39, 0.29) is 0 Å². The Morgan fingerprint density at radius 3 is 2.25 bits per heavy atom. The van der Waals surface area contributed by atoms with Gasteiger partial charge in [-0.2, -0.15) is 0 Å². The van der Waals surface area contributed by atoms with Gasteiger partial charge in [0, 0.05) is 18.5 Å². The predicted octanol–water partition coefficient (Wildman–Crippen LogP) is 4.24. The summed E-state index contributed by atoms with van der Waals surface area (Å²) >= 11 is 0. The van der Waals surface area contributed by atoms with Gasteiger partial charge in [-0.15, -0.1) is 0 Å². The fourth-order valence-corrected chi connectivity index (χ4v) is 3.45. The average molecular weight is 265 g/mol. The Morgan fingerprint density at radius 1 is 0.950 bits per heavy atom. The van der Waals surface area contributed by atoms with Crippen LogP contribution in [0.15, 0.2) is 60.7 Å². The van der Waals surface area contributed by atoms with E-state index in [1.807, 2.05) is 0 Å². The molecule has 0 aliphatic carbocycles. The summed E-state index contributed by atoms with van der Waals surface area (Å²) in [5.41, 5.74) is 3.29. The molecule has 0 aromatic heterocycles. The van der Waals surface area contributed by atoms with Gasteiger partial charge in [0.1, 0.15) is 0 Å². The van der Waals surface area contributed by atoms with Gasteiger partial charge in [-0.3, -0.25) is 4.90 Å². The van der Waals surface area contributed by atoms with E-state index in [1.165, 1.54) is 37.1 Å². The van der Waals surface area contributed by atoms with E-state index < -0.39 is 0 Å². The van der Waals surface area contributed by atoms with Crippen LogP contribution in [0.25, 0.3) is 0 Å². The molecule has 0 N–H and O–H groups in total. The molecule has 1 heteroatoms. The molecular weight excluding hydrogens is 242 g/mol. The molecular formula is C19H23N. The fourth-order valence-electron chi connectivity index (χ4n) is 3.45. The fraction of sp³-hybridized carbons (Fsp3) is 0.368. The monoisotopic (exact) mass is 265 g/mol. The largest absolute Gasteiger partial charge is 0.298 e. The average Bonchev–Trinajstić information content (AvgIpc) is 2.94. The molecule has 1 atom stereocenters. The number of hydrogen-bond acceptors (Lipinski definition) is 1. The molecule has 1 heterocycles. The second kappa shape index (κ2) is 5.80. The second-order valence-electron chi connectivity index (χ2n) is 5.95. The van der Waals surface area contributed by atoms with Crippen molar-refractivity contribution >= 4 is 0 Å². The third-order valence-corrected chi connectivity index (χ3v) is 4.74. The highest BCUT2D eigenvalue weighted by atomic mass is 15.2. The Morgan fingerprint density at radius 2 is 1.60 bits per heavy atom. The molecule has 1 aliphatic heterocycles. The Hall–Kier alpha value is -1.60. The number of likely N-dealkylation sites (tertiary alicyclic amines) is 1. The smallest absolute Gasteiger partial charge is 0.0234 e. The van der Waals surface area contributed by atoms with Gasteiger partial charge < -0.3 is 0 Å². The number of nitrogens with zero attached hydrogens (tertiary/aromatic N) is 1. The first kappa shape index (κ1) is 13.4. The van der Waals surface area contributed by atoms with Gasteiger partial charge >= 0.3 is 0 Å². The molecule has 20 heavy (non-hydrogen) atoms. The molecule has 0 radical (unpaired) electrons. The Kier molecular flexibility index (Phi) is 3.88. The second-order valence-corrected chi connectivity index (χ2v) is 5.95. The third kappa shape index (κ3) is 2.64. The van der Waals surface area contributed by atoms with Gasteiger partial charge in [-0.05, 0) is 30.5 Å².